The van der Waals surface area contributed by atoms with Gasteiger partial charge in [-0.15, -0.1) is 0 Å². The molecule has 0 saturated carbocycles. The maximum atomic E-state index is 6.12. The minimum absolute atomic E-state index is 0.333. The second-order valence-corrected chi connectivity index (χ2v) is 8.32. The van der Waals surface area contributed by atoms with Crippen molar-refractivity contribution < 1.29 is 10.2 Å². The van der Waals surface area contributed by atoms with Crippen LogP contribution in [0, 0.1) is 0 Å². The molecule has 1 fully saturated rings. The second-order valence-electron chi connectivity index (χ2n) is 7.88. The Bertz CT molecular complexity index is 841. The molecule has 3 aromatic rings. The third-order valence-corrected chi connectivity index (χ3v) is 6.14. The lowest BCUT2D eigenvalue weighted by molar-refractivity contribution is -0.927. The Morgan fingerprint density at radius 1 is 0.786 bits per heavy atom. The summed E-state index contributed by atoms with van der Waals surface area (Å²) < 4.78 is 0. The summed E-state index contributed by atoms with van der Waals surface area (Å²) >= 11 is 6.12. The first-order chi connectivity index (χ1) is 13.8. The van der Waals surface area contributed by atoms with Gasteiger partial charge in [0.1, 0.15) is 12.6 Å². The average molecular weight is 393 g/mol. The fourth-order valence-electron chi connectivity index (χ4n) is 4.32. The van der Waals surface area contributed by atoms with Crippen LogP contribution in [-0.4, -0.2) is 19.1 Å². The Kier molecular flexibility index (Phi) is 6.43. The van der Waals surface area contributed by atoms with E-state index < -0.39 is 0 Å². The molecule has 144 valence electrons. The number of likely N-dealkylation sites (tertiary alicyclic amines) is 1. The SMILES string of the molecule is Clc1ccc([C@@H]([NH2+]C2CC[NH+](Cc3ccccc3)CC2)c2ccccc2)cc1. The van der Waals surface area contributed by atoms with E-state index in [-0.39, 0.29) is 0 Å². The zero-order valence-corrected chi connectivity index (χ0v) is 17.0. The molecule has 3 heteroatoms. The largest absolute Gasteiger partial charge is 0.333 e. The number of rotatable bonds is 6. The molecule has 0 bridgehead atoms. The van der Waals surface area contributed by atoms with Crippen molar-refractivity contribution >= 4 is 11.6 Å². The average Bonchev–Trinajstić information content (AvgIpc) is 2.75. The highest BCUT2D eigenvalue weighted by molar-refractivity contribution is 6.30. The van der Waals surface area contributed by atoms with E-state index in [2.05, 4.69) is 78.1 Å². The van der Waals surface area contributed by atoms with Gasteiger partial charge < -0.3 is 10.2 Å². The highest BCUT2D eigenvalue weighted by Crippen LogP contribution is 2.21. The van der Waals surface area contributed by atoms with Gasteiger partial charge in [0.25, 0.3) is 0 Å². The zero-order chi connectivity index (χ0) is 19.2. The van der Waals surface area contributed by atoms with Crippen LogP contribution in [0.2, 0.25) is 5.02 Å². The maximum Gasteiger partial charge on any atom is 0.137 e. The number of nitrogens with two attached hydrogens (primary N) is 1. The summed E-state index contributed by atoms with van der Waals surface area (Å²) in [7, 11) is 0. The third-order valence-electron chi connectivity index (χ3n) is 5.89. The quantitative estimate of drug-likeness (QED) is 0.642. The van der Waals surface area contributed by atoms with Crippen LogP contribution in [0.4, 0.5) is 0 Å². The van der Waals surface area contributed by atoms with Crippen LogP contribution in [0.1, 0.15) is 35.6 Å². The van der Waals surface area contributed by atoms with Gasteiger partial charge in [0, 0.05) is 34.6 Å². The predicted molar refractivity (Wildman–Crippen MR) is 116 cm³/mol. The number of hydrogen-bond acceptors (Lipinski definition) is 0. The fraction of sp³-hybridized carbons (Fsp3) is 0.280. The first-order valence-electron chi connectivity index (χ1n) is 10.3. The molecule has 4 rings (SSSR count). The lowest BCUT2D eigenvalue weighted by Crippen LogP contribution is -3.13. The first kappa shape index (κ1) is 19.2. The van der Waals surface area contributed by atoms with E-state index in [9.17, 15) is 0 Å². The van der Waals surface area contributed by atoms with Gasteiger partial charge in [0.2, 0.25) is 0 Å². The van der Waals surface area contributed by atoms with Crippen molar-refractivity contribution in [2.75, 3.05) is 13.1 Å². The van der Waals surface area contributed by atoms with Gasteiger partial charge in [0.15, 0.2) is 0 Å². The summed E-state index contributed by atoms with van der Waals surface area (Å²) in [5.41, 5.74) is 4.14. The Hall–Kier alpha value is -2.13. The fourth-order valence-corrected chi connectivity index (χ4v) is 4.45. The van der Waals surface area contributed by atoms with Crippen molar-refractivity contribution in [3.8, 4) is 0 Å². The van der Waals surface area contributed by atoms with E-state index in [1.54, 1.807) is 4.90 Å². The van der Waals surface area contributed by atoms with Gasteiger partial charge in [-0.1, -0.05) is 84.4 Å². The van der Waals surface area contributed by atoms with E-state index in [0.29, 0.717) is 12.1 Å². The molecule has 1 heterocycles. The van der Waals surface area contributed by atoms with Gasteiger partial charge >= 0.3 is 0 Å². The summed E-state index contributed by atoms with van der Waals surface area (Å²) in [5.74, 6) is 0. The topological polar surface area (TPSA) is 21.1 Å². The number of benzene rings is 3. The number of nitrogens with one attached hydrogen (secondary N) is 1. The maximum absolute atomic E-state index is 6.12. The molecule has 3 N–H and O–H groups in total. The molecule has 1 atom stereocenters. The minimum Gasteiger partial charge on any atom is -0.333 e. The highest BCUT2D eigenvalue weighted by atomic mass is 35.5. The molecular formula is C25H29ClN2+2. The van der Waals surface area contributed by atoms with Crippen LogP contribution in [0.15, 0.2) is 84.9 Å². The molecule has 1 saturated heterocycles. The monoisotopic (exact) mass is 392 g/mol. The standard InChI is InChI=1S/C25H27ClN2/c26-23-13-11-22(12-14-23)25(21-9-5-2-6-10-21)27-24-15-17-28(18-16-24)19-20-7-3-1-4-8-20/h1-14,24-25,27H,15-19H2/p+2/t25-/m0/s1. The smallest absolute Gasteiger partial charge is 0.137 e. The van der Waals surface area contributed by atoms with Crippen LogP contribution >= 0.6 is 11.6 Å². The van der Waals surface area contributed by atoms with Gasteiger partial charge in [-0.2, -0.15) is 0 Å². The number of piperidine rings is 1. The van der Waals surface area contributed by atoms with Crippen LogP contribution < -0.4 is 10.2 Å². The molecular weight excluding hydrogens is 364 g/mol. The highest BCUT2D eigenvalue weighted by Gasteiger charge is 2.28. The summed E-state index contributed by atoms with van der Waals surface area (Å²) in [5, 5.41) is 3.38. The summed E-state index contributed by atoms with van der Waals surface area (Å²) in [4.78, 5) is 1.71. The molecule has 0 unspecified atom stereocenters. The van der Waals surface area contributed by atoms with Crippen LogP contribution in [0.25, 0.3) is 0 Å². The first-order valence-corrected chi connectivity index (χ1v) is 10.7. The van der Waals surface area contributed by atoms with Gasteiger partial charge in [-0.05, 0) is 12.1 Å². The lowest BCUT2D eigenvalue weighted by atomic mass is 9.95. The molecule has 2 nitrogen and oxygen atoms in total. The molecule has 1 aliphatic heterocycles. The zero-order valence-electron chi connectivity index (χ0n) is 16.2. The number of quaternary nitrogens is 2. The number of hydrogen-bond donors (Lipinski definition) is 2. The molecule has 0 spiro atoms. The van der Waals surface area contributed by atoms with Crippen molar-refractivity contribution in [3.63, 3.8) is 0 Å². The van der Waals surface area contributed by atoms with E-state index in [1.165, 1.54) is 42.6 Å². The van der Waals surface area contributed by atoms with Crippen molar-refractivity contribution in [2.45, 2.75) is 31.5 Å². The molecule has 0 radical (unpaired) electrons. The minimum atomic E-state index is 0.333. The summed E-state index contributed by atoms with van der Waals surface area (Å²) in [6.07, 6.45) is 2.53. The summed E-state index contributed by atoms with van der Waals surface area (Å²) in [6, 6.07) is 31.1. The predicted octanol–water partition coefficient (Wildman–Crippen LogP) is 3.24. The molecule has 0 amide bonds. The number of halogens is 1. The van der Waals surface area contributed by atoms with Crippen molar-refractivity contribution in [1.29, 1.82) is 0 Å². The Labute approximate surface area is 173 Å². The van der Waals surface area contributed by atoms with Crippen molar-refractivity contribution in [2.24, 2.45) is 0 Å². The van der Waals surface area contributed by atoms with E-state index in [1.807, 2.05) is 12.1 Å². The second kappa shape index (κ2) is 9.38. The normalized spacial score (nSPS) is 20.6. The summed E-state index contributed by atoms with van der Waals surface area (Å²) in [6.45, 7) is 3.64. The molecule has 28 heavy (non-hydrogen) atoms. The molecule has 0 aliphatic carbocycles. The molecule has 0 aromatic heterocycles. The molecule has 1 aliphatic rings. The van der Waals surface area contributed by atoms with Gasteiger partial charge in [-0.25, -0.2) is 0 Å². The Morgan fingerprint density at radius 2 is 1.36 bits per heavy atom. The third kappa shape index (κ3) is 5.02. The Morgan fingerprint density at radius 3 is 2.00 bits per heavy atom. The van der Waals surface area contributed by atoms with E-state index in [0.717, 1.165) is 11.6 Å². The van der Waals surface area contributed by atoms with E-state index >= 15 is 0 Å². The van der Waals surface area contributed by atoms with Gasteiger partial charge in [-0.3, -0.25) is 0 Å². The van der Waals surface area contributed by atoms with Crippen molar-refractivity contribution in [3.05, 3.63) is 107 Å². The van der Waals surface area contributed by atoms with Crippen molar-refractivity contribution in [1.82, 2.24) is 0 Å². The Balaban J connectivity index is 1.41. The lowest BCUT2D eigenvalue weighted by Gasteiger charge is -2.30. The van der Waals surface area contributed by atoms with E-state index in [4.69, 9.17) is 11.6 Å². The molecule has 3 aromatic carbocycles. The van der Waals surface area contributed by atoms with Crippen LogP contribution in [-0.2, 0) is 6.54 Å². The van der Waals surface area contributed by atoms with Gasteiger partial charge in [0.05, 0.1) is 19.1 Å². The van der Waals surface area contributed by atoms with Crippen LogP contribution in [0.5, 0.6) is 0 Å². The van der Waals surface area contributed by atoms with Crippen LogP contribution in [0.3, 0.4) is 0 Å².